The van der Waals surface area contributed by atoms with Crippen molar-refractivity contribution in [2.24, 2.45) is 0 Å². The van der Waals surface area contributed by atoms with Gasteiger partial charge < -0.3 is 9.88 Å². The Hall–Kier alpha value is -2.86. The highest BCUT2D eigenvalue weighted by Gasteiger charge is 2.10. The molecule has 0 saturated heterocycles. The van der Waals surface area contributed by atoms with Gasteiger partial charge in [0.1, 0.15) is 0 Å². The summed E-state index contributed by atoms with van der Waals surface area (Å²) in [5.41, 5.74) is 1.89. The monoisotopic (exact) mass is 340 g/mol. The van der Waals surface area contributed by atoms with Crippen molar-refractivity contribution in [3.63, 3.8) is 0 Å². The van der Waals surface area contributed by atoms with Crippen molar-refractivity contribution < 1.29 is 13.2 Å². The lowest BCUT2D eigenvalue weighted by molar-refractivity contribution is 0.102. The van der Waals surface area contributed by atoms with E-state index in [1.807, 2.05) is 41.2 Å². The Kier molecular flexibility index (Phi) is 4.22. The molecule has 5 nitrogen and oxygen atoms in total. The molecule has 3 aromatic rings. The van der Waals surface area contributed by atoms with E-state index in [2.05, 4.69) is 5.32 Å². The fraction of sp³-hybridized carbons (Fsp3) is 0.0556. The summed E-state index contributed by atoms with van der Waals surface area (Å²) in [7, 11) is -3.31. The van der Waals surface area contributed by atoms with Crippen molar-refractivity contribution in [2.45, 2.75) is 4.90 Å². The van der Waals surface area contributed by atoms with Gasteiger partial charge in [-0.3, -0.25) is 4.79 Å². The van der Waals surface area contributed by atoms with Crippen LogP contribution in [0.15, 0.2) is 78.0 Å². The SMILES string of the molecule is CS(=O)(=O)c1cccc(NC(=O)c2ccc(-n3cccc3)cc2)c1. The number of rotatable bonds is 4. The summed E-state index contributed by atoms with van der Waals surface area (Å²) in [6, 6.07) is 17.2. The zero-order valence-electron chi connectivity index (χ0n) is 13.0. The van der Waals surface area contributed by atoms with Gasteiger partial charge >= 0.3 is 0 Å². The maximum Gasteiger partial charge on any atom is 0.255 e. The topological polar surface area (TPSA) is 68.2 Å². The van der Waals surface area contributed by atoms with Gasteiger partial charge in [0.25, 0.3) is 5.91 Å². The number of amides is 1. The molecule has 24 heavy (non-hydrogen) atoms. The smallest absolute Gasteiger partial charge is 0.255 e. The number of hydrogen-bond acceptors (Lipinski definition) is 3. The quantitative estimate of drug-likeness (QED) is 0.793. The van der Waals surface area contributed by atoms with E-state index in [9.17, 15) is 13.2 Å². The minimum absolute atomic E-state index is 0.170. The van der Waals surface area contributed by atoms with E-state index in [-0.39, 0.29) is 10.8 Å². The molecule has 6 heteroatoms. The second-order valence-electron chi connectivity index (χ2n) is 5.39. The maximum atomic E-state index is 12.3. The van der Waals surface area contributed by atoms with Crippen LogP contribution in [0.4, 0.5) is 5.69 Å². The predicted octanol–water partition coefficient (Wildman–Crippen LogP) is 3.13. The Bertz CT molecular complexity index is 960. The number of benzene rings is 2. The summed E-state index contributed by atoms with van der Waals surface area (Å²) in [6.07, 6.45) is 4.98. The molecular formula is C18H16N2O3S. The van der Waals surface area contributed by atoms with Gasteiger partial charge in [0.15, 0.2) is 9.84 Å². The number of hydrogen-bond donors (Lipinski definition) is 1. The van der Waals surface area contributed by atoms with Crippen LogP contribution < -0.4 is 5.32 Å². The van der Waals surface area contributed by atoms with Crippen molar-refractivity contribution in [3.8, 4) is 5.69 Å². The molecule has 1 heterocycles. The summed E-state index contributed by atoms with van der Waals surface area (Å²) in [4.78, 5) is 12.5. The molecule has 2 aromatic carbocycles. The standard InChI is InChI=1S/C18H16N2O3S/c1-24(22,23)17-6-4-5-15(13-17)19-18(21)14-7-9-16(10-8-14)20-11-2-3-12-20/h2-13H,1H3,(H,19,21). The summed E-state index contributed by atoms with van der Waals surface area (Å²) in [6.45, 7) is 0. The molecule has 1 N–H and O–H groups in total. The molecule has 1 aromatic heterocycles. The lowest BCUT2D eigenvalue weighted by Crippen LogP contribution is -2.12. The average molecular weight is 340 g/mol. The zero-order valence-corrected chi connectivity index (χ0v) is 13.8. The van der Waals surface area contributed by atoms with Crippen LogP contribution in [0, 0.1) is 0 Å². The molecule has 1 amide bonds. The van der Waals surface area contributed by atoms with E-state index in [0.29, 0.717) is 11.3 Å². The predicted molar refractivity (Wildman–Crippen MR) is 93.3 cm³/mol. The van der Waals surface area contributed by atoms with Crippen molar-refractivity contribution in [1.29, 1.82) is 0 Å². The fourth-order valence-corrected chi connectivity index (χ4v) is 2.97. The minimum Gasteiger partial charge on any atom is -0.324 e. The normalized spacial score (nSPS) is 11.2. The molecular weight excluding hydrogens is 324 g/mol. The van der Waals surface area contributed by atoms with Crippen LogP contribution in [0.2, 0.25) is 0 Å². The highest BCUT2D eigenvalue weighted by atomic mass is 32.2. The van der Waals surface area contributed by atoms with Gasteiger partial charge in [-0.2, -0.15) is 0 Å². The molecule has 0 radical (unpaired) electrons. The Morgan fingerprint density at radius 3 is 2.25 bits per heavy atom. The highest BCUT2D eigenvalue weighted by Crippen LogP contribution is 2.17. The van der Waals surface area contributed by atoms with Gasteiger partial charge in [0.05, 0.1) is 4.90 Å². The third kappa shape index (κ3) is 3.55. The fourth-order valence-electron chi connectivity index (χ4n) is 2.30. The minimum atomic E-state index is -3.31. The number of anilines is 1. The zero-order chi connectivity index (χ0) is 17.2. The largest absolute Gasteiger partial charge is 0.324 e. The first kappa shape index (κ1) is 16.0. The lowest BCUT2D eigenvalue weighted by Gasteiger charge is -2.08. The molecule has 0 bridgehead atoms. The van der Waals surface area contributed by atoms with Crippen molar-refractivity contribution >= 4 is 21.4 Å². The molecule has 0 atom stereocenters. The van der Waals surface area contributed by atoms with Crippen LogP contribution >= 0.6 is 0 Å². The second-order valence-corrected chi connectivity index (χ2v) is 7.41. The van der Waals surface area contributed by atoms with Crippen LogP contribution in [0.25, 0.3) is 5.69 Å². The molecule has 0 fully saturated rings. The third-order valence-electron chi connectivity index (χ3n) is 3.55. The van der Waals surface area contributed by atoms with Gasteiger partial charge in [-0.15, -0.1) is 0 Å². The van der Waals surface area contributed by atoms with E-state index in [4.69, 9.17) is 0 Å². The first-order chi connectivity index (χ1) is 11.4. The van der Waals surface area contributed by atoms with E-state index in [1.165, 1.54) is 12.1 Å². The maximum absolute atomic E-state index is 12.3. The molecule has 122 valence electrons. The molecule has 3 rings (SSSR count). The van der Waals surface area contributed by atoms with Crippen LogP contribution in [0.5, 0.6) is 0 Å². The number of carbonyl (C=O) groups excluding carboxylic acids is 1. The summed E-state index contributed by atoms with van der Waals surface area (Å²) < 4.78 is 25.1. The Morgan fingerprint density at radius 2 is 1.62 bits per heavy atom. The number of carbonyl (C=O) groups is 1. The molecule has 0 aliphatic rings. The van der Waals surface area contributed by atoms with Gasteiger partial charge in [0, 0.05) is 35.6 Å². The van der Waals surface area contributed by atoms with E-state index in [0.717, 1.165) is 11.9 Å². The number of nitrogens with one attached hydrogen (secondary N) is 1. The van der Waals surface area contributed by atoms with Crippen molar-refractivity contribution in [2.75, 3.05) is 11.6 Å². The van der Waals surface area contributed by atoms with Crippen molar-refractivity contribution in [1.82, 2.24) is 4.57 Å². The van der Waals surface area contributed by atoms with E-state index in [1.54, 1.807) is 24.3 Å². The number of aromatic nitrogens is 1. The van der Waals surface area contributed by atoms with Gasteiger partial charge in [-0.1, -0.05) is 6.07 Å². The first-order valence-corrected chi connectivity index (χ1v) is 9.17. The lowest BCUT2D eigenvalue weighted by atomic mass is 10.2. The molecule has 0 spiro atoms. The van der Waals surface area contributed by atoms with E-state index < -0.39 is 9.84 Å². The number of sulfone groups is 1. The Labute approximate surface area is 140 Å². The molecule has 0 aliphatic heterocycles. The van der Waals surface area contributed by atoms with Gasteiger partial charge in [0.2, 0.25) is 0 Å². The van der Waals surface area contributed by atoms with Crippen LogP contribution in [0.1, 0.15) is 10.4 Å². The highest BCUT2D eigenvalue weighted by molar-refractivity contribution is 7.90. The summed E-state index contributed by atoms with van der Waals surface area (Å²) in [5.74, 6) is -0.292. The van der Waals surface area contributed by atoms with Gasteiger partial charge in [-0.05, 0) is 54.6 Å². The van der Waals surface area contributed by atoms with Crippen LogP contribution in [0.3, 0.4) is 0 Å². The Morgan fingerprint density at radius 1 is 0.958 bits per heavy atom. The average Bonchev–Trinajstić information content (AvgIpc) is 3.09. The number of nitrogens with zero attached hydrogens (tertiary/aromatic N) is 1. The third-order valence-corrected chi connectivity index (χ3v) is 4.66. The van der Waals surface area contributed by atoms with Crippen molar-refractivity contribution in [3.05, 3.63) is 78.6 Å². The van der Waals surface area contributed by atoms with Crippen LogP contribution in [-0.4, -0.2) is 25.1 Å². The summed E-state index contributed by atoms with van der Waals surface area (Å²) in [5, 5.41) is 2.71. The van der Waals surface area contributed by atoms with Crippen LogP contribution in [-0.2, 0) is 9.84 Å². The molecule has 0 unspecified atom stereocenters. The Balaban J connectivity index is 1.78. The summed E-state index contributed by atoms with van der Waals surface area (Å²) >= 11 is 0. The molecule has 0 aliphatic carbocycles. The molecule has 0 saturated carbocycles. The second kappa shape index (κ2) is 6.33. The van der Waals surface area contributed by atoms with E-state index >= 15 is 0 Å². The first-order valence-electron chi connectivity index (χ1n) is 7.28. The van der Waals surface area contributed by atoms with Gasteiger partial charge in [-0.25, -0.2) is 8.42 Å².